The van der Waals surface area contributed by atoms with Gasteiger partial charge in [-0.25, -0.2) is 0 Å². The van der Waals surface area contributed by atoms with Gasteiger partial charge in [0.15, 0.2) is 0 Å². The number of anilines is 1. The fourth-order valence-corrected chi connectivity index (χ4v) is 4.38. The molecule has 2 nitrogen and oxygen atoms in total. The average molecular weight is 317 g/mol. The predicted molar refractivity (Wildman–Crippen MR) is 78.7 cm³/mol. The van der Waals surface area contributed by atoms with Crippen molar-refractivity contribution < 1.29 is 17.9 Å². The molecular formula is C15H18F3NOS. The minimum absolute atomic E-state index is 0.0213. The highest BCUT2D eigenvalue weighted by Crippen LogP contribution is 2.39. The van der Waals surface area contributed by atoms with E-state index in [9.17, 15) is 13.2 Å². The van der Waals surface area contributed by atoms with E-state index < -0.39 is 11.7 Å². The Morgan fingerprint density at radius 1 is 1.24 bits per heavy atom. The normalized spacial score (nSPS) is 29.8. The van der Waals surface area contributed by atoms with Gasteiger partial charge >= 0.3 is 6.18 Å². The highest BCUT2D eigenvalue weighted by Gasteiger charge is 2.40. The summed E-state index contributed by atoms with van der Waals surface area (Å²) in [7, 11) is 0. The maximum absolute atomic E-state index is 12.5. The number of ether oxygens (including phenoxy) is 1. The van der Waals surface area contributed by atoms with Crippen LogP contribution in [0.25, 0.3) is 0 Å². The Labute approximate surface area is 126 Å². The molecule has 2 fully saturated rings. The lowest BCUT2D eigenvalue weighted by Crippen LogP contribution is -2.44. The number of benzene rings is 1. The SMILES string of the molecule is FC(F)(F)c1ccc(NC2CCOC3(CCSC3)C2)cc1. The summed E-state index contributed by atoms with van der Waals surface area (Å²) in [6.07, 6.45) is -1.38. The Balaban J connectivity index is 1.63. The maximum atomic E-state index is 12.5. The number of halogens is 3. The summed E-state index contributed by atoms with van der Waals surface area (Å²) in [5, 5.41) is 3.35. The minimum Gasteiger partial charge on any atom is -0.382 e. The fourth-order valence-electron chi connectivity index (χ4n) is 3.01. The van der Waals surface area contributed by atoms with E-state index in [1.807, 2.05) is 11.8 Å². The summed E-state index contributed by atoms with van der Waals surface area (Å²) in [6.45, 7) is 0.721. The molecule has 2 heterocycles. The summed E-state index contributed by atoms with van der Waals surface area (Å²) < 4.78 is 43.6. The second-order valence-electron chi connectivity index (χ2n) is 5.74. The lowest BCUT2D eigenvalue weighted by Gasteiger charge is -2.38. The second-order valence-corrected chi connectivity index (χ2v) is 6.85. The van der Waals surface area contributed by atoms with Gasteiger partial charge < -0.3 is 10.1 Å². The first-order valence-corrected chi connectivity index (χ1v) is 8.28. The third-order valence-corrected chi connectivity index (χ3v) is 5.37. The molecule has 2 saturated heterocycles. The molecule has 1 aromatic carbocycles. The second kappa shape index (κ2) is 5.72. The van der Waals surface area contributed by atoms with Crippen molar-refractivity contribution in [3.8, 4) is 0 Å². The van der Waals surface area contributed by atoms with Crippen molar-refractivity contribution >= 4 is 17.4 Å². The lowest BCUT2D eigenvalue weighted by molar-refractivity contribution is -0.137. The van der Waals surface area contributed by atoms with Crippen LogP contribution in [0, 0.1) is 0 Å². The van der Waals surface area contributed by atoms with Crippen LogP contribution in [0.15, 0.2) is 24.3 Å². The van der Waals surface area contributed by atoms with Crippen molar-refractivity contribution in [1.82, 2.24) is 0 Å². The third kappa shape index (κ3) is 3.48. The van der Waals surface area contributed by atoms with Crippen molar-refractivity contribution in [2.24, 2.45) is 0 Å². The number of rotatable bonds is 2. The Kier molecular flexibility index (Phi) is 4.10. The predicted octanol–water partition coefficient (Wildman–Crippen LogP) is 4.17. The molecule has 3 rings (SSSR count). The third-order valence-electron chi connectivity index (χ3n) is 4.14. The van der Waals surface area contributed by atoms with Crippen molar-refractivity contribution in [2.45, 2.75) is 37.1 Å². The maximum Gasteiger partial charge on any atom is 0.416 e. The molecule has 1 aromatic rings. The van der Waals surface area contributed by atoms with Gasteiger partial charge in [0.1, 0.15) is 0 Å². The molecule has 0 aromatic heterocycles. The first-order chi connectivity index (χ1) is 9.97. The molecule has 2 atom stereocenters. The van der Waals surface area contributed by atoms with Crippen molar-refractivity contribution in [1.29, 1.82) is 0 Å². The molecule has 116 valence electrons. The zero-order chi connectivity index (χ0) is 14.9. The van der Waals surface area contributed by atoms with Gasteiger partial charge in [-0.3, -0.25) is 0 Å². The van der Waals surface area contributed by atoms with E-state index in [0.717, 1.165) is 55.2 Å². The van der Waals surface area contributed by atoms with Gasteiger partial charge in [-0.15, -0.1) is 0 Å². The van der Waals surface area contributed by atoms with Gasteiger partial charge in [0.05, 0.1) is 11.2 Å². The van der Waals surface area contributed by atoms with Crippen LogP contribution < -0.4 is 5.32 Å². The number of hydrogen-bond acceptors (Lipinski definition) is 3. The van der Waals surface area contributed by atoms with E-state index in [2.05, 4.69) is 5.32 Å². The summed E-state index contributed by atoms with van der Waals surface area (Å²) in [6, 6.07) is 5.54. The highest BCUT2D eigenvalue weighted by atomic mass is 32.2. The Bertz CT molecular complexity index is 483. The Morgan fingerprint density at radius 3 is 2.62 bits per heavy atom. The van der Waals surface area contributed by atoms with Crippen molar-refractivity contribution in [2.75, 3.05) is 23.4 Å². The molecule has 2 aliphatic heterocycles. The first kappa shape index (κ1) is 15.0. The Hall–Kier alpha value is -0.880. The molecule has 1 spiro atoms. The fraction of sp³-hybridized carbons (Fsp3) is 0.600. The van der Waals surface area contributed by atoms with Crippen LogP contribution in [0.5, 0.6) is 0 Å². The monoisotopic (exact) mass is 317 g/mol. The first-order valence-electron chi connectivity index (χ1n) is 7.12. The largest absolute Gasteiger partial charge is 0.416 e. The van der Waals surface area contributed by atoms with Crippen LogP contribution in [0.4, 0.5) is 18.9 Å². The van der Waals surface area contributed by atoms with Crippen LogP contribution >= 0.6 is 11.8 Å². The van der Waals surface area contributed by atoms with E-state index in [1.165, 1.54) is 12.1 Å². The van der Waals surface area contributed by atoms with Crippen LogP contribution in [0.1, 0.15) is 24.8 Å². The van der Waals surface area contributed by atoms with E-state index in [4.69, 9.17) is 4.74 Å². The van der Waals surface area contributed by atoms with Gasteiger partial charge in [-0.05, 0) is 49.3 Å². The van der Waals surface area contributed by atoms with E-state index in [-0.39, 0.29) is 11.6 Å². The molecule has 0 saturated carbocycles. The molecule has 0 bridgehead atoms. The standard InChI is InChI=1S/C15H18F3NOS/c16-15(17,18)11-1-3-12(4-2-11)19-13-5-7-20-14(9-13)6-8-21-10-14/h1-4,13,19H,5-10H2. The number of nitrogens with one attached hydrogen (secondary N) is 1. The minimum atomic E-state index is -4.28. The molecule has 0 amide bonds. The number of thioether (sulfide) groups is 1. The quantitative estimate of drug-likeness (QED) is 0.884. The summed E-state index contributed by atoms with van der Waals surface area (Å²) >= 11 is 1.91. The van der Waals surface area contributed by atoms with Crippen LogP contribution in [-0.2, 0) is 10.9 Å². The van der Waals surface area contributed by atoms with Crippen LogP contribution in [-0.4, -0.2) is 29.8 Å². The smallest absolute Gasteiger partial charge is 0.382 e. The van der Waals surface area contributed by atoms with Crippen molar-refractivity contribution in [3.63, 3.8) is 0 Å². The molecule has 2 aliphatic rings. The highest BCUT2D eigenvalue weighted by molar-refractivity contribution is 7.99. The summed E-state index contributed by atoms with van der Waals surface area (Å²) in [5.74, 6) is 2.16. The van der Waals surface area contributed by atoms with Crippen molar-refractivity contribution in [3.05, 3.63) is 29.8 Å². The topological polar surface area (TPSA) is 21.3 Å². The summed E-state index contributed by atoms with van der Waals surface area (Å²) in [4.78, 5) is 0. The number of hydrogen-bond donors (Lipinski definition) is 1. The van der Waals surface area contributed by atoms with Gasteiger partial charge in [-0.2, -0.15) is 24.9 Å². The van der Waals surface area contributed by atoms with Crippen LogP contribution in [0.3, 0.4) is 0 Å². The number of alkyl halides is 3. The van der Waals surface area contributed by atoms with Gasteiger partial charge in [-0.1, -0.05) is 0 Å². The summed E-state index contributed by atoms with van der Waals surface area (Å²) in [5.41, 5.74) is 0.117. The Morgan fingerprint density at radius 2 is 2.00 bits per heavy atom. The molecule has 6 heteroatoms. The zero-order valence-corrected chi connectivity index (χ0v) is 12.4. The van der Waals surface area contributed by atoms with Gasteiger partial charge in [0.2, 0.25) is 0 Å². The van der Waals surface area contributed by atoms with E-state index in [0.29, 0.717) is 0 Å². The molecule has 0 radical (unpaired) electrons. The molecule has 1 N–H and O–H groups in total. The molecule has 21 heavy (non-hydrogen) atoms. The molecule has 0 aliphatic carbocycles. The van der Waals surface area contributed by atoms with Crippen LogP contribution in [0.2, 0.25) is 0 Å². The molecular weight excluding hydrogens is 299 g/mol. The van der Waals surface area contributed by atoms with Gasteiger partial charge in [0.25, 0.3) is 0 Å². The van der Waals surface area contributed by atoms with Gasteiger partial charge in [0, 0.05) is 24.1 Å². The average Bonchev–Trinajstić information content (AvgIpc) is 2.86. The van der Waals surface area contributed by atoms with E-state index in [1.54, 1.807) is 0 Å². The zero-order valence-electron chi connectivity index (χ0n) is 11.6. The van der Waals surface area contributed by atoms with E-state index >= 15 is 0 Å². The lowest BCUT2D eigenvalue weighted by atomic mass is 9.89. The molecule has 2 unspecified atom stereocenters.